The van der Waals surface area contributed by atoms with E-state index in [1.807, 2.05) is 9.47 Å². The molecule has 0 unspecified atom stereocenters. The van der Waals surface area contributed by atoms with Gasteiger partial charge >= 0.3 is 5.69 Å². The molecule has 0 radical (unpaired) electrons. The first kappa shape index (κ1) is 11.4. The third-order valence-corrected chi connectivity index (χ3v) is 3.05. The Kier molecular flexibility index (Phi) is 2.51. The maximum Gasteiger partial charge on any atom is 0.311 e. The first-order valence-corrected chi connectivity index (χ1v) is 5.67. The normalized spacial score (nSPS) is 14.2. The lowest BCUT2D eigenvalue weighted by molar-refractivity contribution is -0.384. The van der Waals surface area contributed by atoms with Gasteiger partial charge in [0.2, 0.25) is 5.82 Å². The van der Waals surface area contributed by atoms with E-state index in [4.69, 9.17) is 5.73 Å². The van der Waals surface area contributed by atoms with Crippen molar-refractivity contribution in [1.82, 2.24) is 19.7 Å². The summed E-state index contributed by atoms with van der Waals surface area (Å²) >= 11 is 0. The molecule has 98 valence electrons. The third-order valence-electron chi connectivity index (χ3n) is 3.05. The number of nitrogens with two attached hydrogens (primary N) is 1. The van der Waals surface area contributed by atoms with E-state index < -0.39 is 4.92 Å². The van der Waals surface area contributed by atoms with Gasteiger partial charge in [0.15, 0.2) is 5.82 Å². The van der Waals surface area contributed by atoms with Crippen molar-refractivity contribution in [1.29, 1.82) is 0 Å². The van der Waals surface area contributed by atoms with E-state index in [0.717, 1.165) is 18.9 Å². The Morgan fingerprint density at radius 1 is 1.37 bits per heavy atom. The van der Waals surface area contributed by atoms with Crippen LogP contribution in [0, 0.1) is 10.1 Å². The summed E-state index contributed by atoms with van der Waals surface area (Å²) in [6.07, 6.45) is 1.68. The van der Waals surface area contributed by atoms with E-state index in [2.05, 4.69) is 15.2 Å². The van der Waals surface area contributed by atoms with Crippen LogP contribution in [-0.2, 0) is 13.1 Å². The van der Waals surface area contributed by atoms with E-state index >= 15 is 0 Å². The molecule has 0 fully saturated rings. The summed E-state index contributed by atoms with van der Waals surface area (Å²) in [5, 5.41) is 18.5. The molecule has 0 bridgehead atoms. The number of nitrogens with zero attached hydrogens (tertiary/aromatic N) is 6. The Labute approximate surface area is 107 Å². The molecule has 1 aliphatic rings. The maximum atomic E-state index is 10.7. The van der Waals surface area contributed by atoms with Crippen molar-refractivity contribution >= 4 is 17.3 Å². The summed E-state index contributed by atoms with van der Waals surface area (Å²) in [5.74, 6) is 1.37. The molecular formula is C10H11N7O2. The largest absolute Gasteiger partial charge is 0.378 e. The number of hydrogen-bond acceptors (Lipinski definition) is 7. The fourth-order valence-corrected chi connectivity index (χ4v) is 2.05. The summed E-state index contributed by atoms with van der Waals surface area (Å²) < 4.78 is 1.96. The molecule has 0 amide bonds. The predicted molar refractivity (Wildman–Crippen MR) is 66.4 cm³/mol. The van der Waals surface area contributed by atoms with Gasteiger partial charge in [-0.1, -0.05) is 0 Å². The van der Waals surface area contributed by atoms with Gasteiger partial charge in [0.05, 0.1) is 11.5 Å². The Hall–Kier alpha value is -2.71. The smallest absolute Gasteiger partial charge is 0.311 e. The lowest BCUT2D eigenvalue weighted by atomic mass is 10.3. The van der Waals surface area contributed by atoms with Crippen molar-refractivity contribution < 1.29 is 4.92 Å². The van der Waals surface area contributed by atoms with Crippen LogP contribution in [0.2, 0.25) is 0 Å². The number of aromatic nitrogens is 4. The number of rotatable bonds is 2. The minimum Gasteiger partial charge on any atom is -0.378 e. The monoisotopic (exact) mass is 261 g/mol. The third kappa shape index (κ3) is 1.94. The van der Waals surface area contributed by atoms with Crippen LogP contribution in [0.1, 0.15) is 5.82 Å². The molecule has 3 rings (SSSR count). The average Bonchev–Trinajstić information content (AvgIpc) is 2.85. The fraction of sp³-hybridized carbons (Fsp3) is 0.300. The molecule has 0 aromatic carbocycles. The molecule has 0 atom stereocenters. The van der Waals surface area contributed by atoms with Crippen molar-refractivity contribution in [2.45, 2.75) is 13.1 Å². The molecule has 9 heteroatoms. The summed E-state index contributed by atoms with van der Waals surface area (Å²) in [6, 6.07) is 2.97. The van der Waals surface area contributed by atoms with Gasteiger partial charge in [0, 0.05) is 19.2 Å². The Balaban J connectivity index is 1.88. The molecule has 0 aliphatic carbocycles. The van der Waals surface area contributed by atoms with Gasteiger partial charge in [-0.05, 0) is 6.07 Å². The van der Waals surface area contributed by atoms with Crippen LogP contribution < -0.4 is 10.6 Å². The van der Waals surface area contributed by atoms with Gasteiger partial charge in [-0.15, -0.1) is 10.2 Å². The Morgan fingerprint density at radius 3 is 2.95 bits per heavy atom. The van der Waals surface area contributed by atoms with E-state index in [1.165, 1.54) is 6.07 Å². The number of hydrogen-bond donors (Lipinski definition) is 1. The SMILES string of the molecule is Nc1nc(N2CCn3cnnc3C2)ccc1[N+](=O)[O-]. The fourth-order valence-electron chi connectivity index (χ4n) is 2.05. The molecular weight excluding hydrogens is 250 g/mol. The van der Waals surface area contributed by atoms with Crippen LogP contribution in [0.25, 0.3) is 0 Å². The zero-order chi connectivity index (χ0) is 13.4. The van der Waals surface area contributed by atoms with E-state index in [0.29, 0.717) is 12.4 Å². The van der Waals surface area contributed by atoms with Crippen molar-refractivity contribution in [3.63, 3.8) is 0 Å². The number of nitro groups is 1. The van der Waals surface area contributed by atoms with Gasteiger partial charge < -0.3 is 15.2 Å². The lowest BCUT2D eigenvalue weighted by Crippen LogP contribution is -2.34. The van der Waals surface area contributed by atoms with Gasteiger partial charge in [0.25, 0.3) is 0 Å². The second-order valence-corrected chi connectivity index (χ2v) is 4.19. The van der Waals surface area contributed by atoms with Crippen LogP contribution in [-0.4, -0.2) is 31.2 Å². The molecule has 9 nitrogen and oxygen atoms in total. The van der Waals surface area contributed by atoms with E-state index in [-0.39, 0.29) is 11.5 Å². The molecule has 0 saturated heterocycles. The predicted octanol–water partition coefficient (Wildman–Crippen LogP) is 0.184. The first-order chi connectivity index (χ1) is 9.15. The number of pyridine rings is 1. The van der Waals surface area contributed by atoms with E-state index in [9.17, 15) is 10.1 Å². The topological polar surface area (TPSA) is 116 Å². The minimum absolute atomic E-state index is 0.0745. The Morgan fingerprint density at radius 2 is 2.21 bits per heavy atom. The summed E-state index contributed by atoms with van der Waals surface area (Å²) in [6.45, 7) is 2.04. The molecule has 2 aromatic rings. The van der Waals surface area contributed by atoms with Crippen LogP contribution in [0.15, 0.2) is 18.5 Å². The van der Waals surface area contributed by atoms with Gasteiger partial charge in [-0.3, -0.25) is 10.1 Å². The molecule has 2 aromatic heterocycles. The van der Waals surface area contributed by atoms with Crippen LogP contribution >= 0.6 is 0 Å². The standard InChI is InChI=1S/C10H11N7O2/c11-10-7(17(18)19)1-2-8(13-10)15-3-4-16-6-12-14-9(16)5-15/h1-2,6H,3-5H2,(H2,11,13). The highest BCUT2D eigenvalue weighted by Crippen LogP contribution is 2.24. The highest BCUT2D eigenvalue weighted by atomic mass is 16.6. The van der Waals surface area contributed by atoms with Gasteiger partial charge in [0.1, 0.15) is 12.1 Å². The van der Waals surface area contributed by atoms with Crippen molar-refractivity contribution in [3.05, 3.63) is 34.4 Å². The molecule has 2 N–H and O–H groups in total. The average molecular weight is 261 g/mol. The highest BCUT2D eigenvalue weighted by Gasteiger charge is 2.21. The summed E-state index contributed by atoms with van der Waals surface area (Å²) in [5.41, 5.74) is 5.41. The first-order valence-electron chi connectivity index (χ1n) is 5.67. The molecule has 19 heavy (non-hydrogen) atoms. The van der Waals surface area contributed by atoms with Gasteiger partial charge in [-0.2, -0.15) is 0 Å². The molecule has 0 spiro atoms. The van der Waals surface area contributed by atoms with E-state index in [1.54, 1.807) is 12.4 Å². The van der Waals surface area contributed by atoms with Crippen molar-refractivity contribution in [3.8, 4) is 0 Å². The number of anilines is 2. The zero-order valence-corrected chi connectivity index (χ0v) is 9.93. The maximum absolute atomic E-state index is 10.7. The van der Waals surface area contributed by atoms with Crippen LogP contribution in [0.4, 0.5) is 17.3 Å². The lowest BCUT2D eigenvalue weighted by Gasteiger charge is -2.27. The van der Waals surface area contributed by atoms with Crippen molar-refractivity contribution in [2.24, 2.45) is 0 Å². The van der Waals surface area contributed by atoms with Crippen LogP contribution in [0.3, 0.4) is 0 Å². The van der Waals surface area contributed by atoms with Gasteiger partial charge in [-0.25, -0.2) is 4.98 Å². The number of nitrogen functional groups attached to an aromatic ring is 1. The quantitative estimate of drug-likeness (QED) is 0.605. The molecule has 0 saturated carbocycles. The van der Waals surface area contributed by atoms with Crippen LogP contribution in [0.5, 0.6) is 0 Å². The molecule has 1 aliphatic heterocycles. The number of fused-ring (bicyclic) bond motifs is 1. The zero-order valence-electron chi connectivity index (χ0n) is 9.93. The molecule has 3 heterocycles. The highest BCUT2D eigenvalue weighted by molar-refractivity contribution is 5.58. The second-order valence-electron chi connectivity index (χ2n) is 4.19. The summed E-state index contributed by atoms with van der Waals surface area (Å²) in [4.78, 5) is 16.2. The second kappa shape index (κ2) is 4.19. The summed E-state index contributed by atoms with van der Waals surface area (Å²) in [7, 11) is 0. The minimum atomic E-state index is -0.543. The Bertz CT molecular complexity index is 639. The van der Waals surface area contributed by atoms with Crippen molar-refractivity contribution in [2.75, 3.05) is 17.2 Å².